The highest BCUT2D eigenvalue weighted by Crippen LogP contribution is 2.14. The molecule has 3 nitrogen and oxygen atoms in total. The lowest BCUT2D eigenvalue weighted by Crippen LogP contribution is -2.21. The van der Waals surface area contributed by atoms with Crippen molar-refractivity contribution in [1.29, 1.82) is 0 Å². The number of benzene rings is 1. The van der Waals surface area contributed by atoms with Crippen molar-refractivity contribution >= 4 is 5.78 Å². The van der Waals surface area contributed by atoms with Gasteiger partial charge in [0.1, 0.15) is 11.5 Å². The van der Waals surface area contributed by atoms with E-state index in [0.717, 1.165) is 17.6 Å². The molecule has 1 heterocycles. The predicted octanol–water partition coefficient (Wildman–Crippen LogP) is 3.57. The van der Waals surface area contributed by atoms with Crippen LogP contribution >= 0.6 is 0 Å². The first-order chi connectivity index (χ1) is 9.97. The third-order valence-electron chi connectivity index (χ3n) is 3.19. The van der Waals surface area contributed by atoms with Crippen LogP contribution in [0.1, 0.15) is 28.3 Å². The topological polar surface area (TPSA) is 33.5 Å². The molecule has 112 valence electrons. The highest BCUT2D eigenvalue weighted by molar-refractivity contribution is 5.96. The van der Waals surface area contributed by atoms with E-state index in [9.17, 15) is 13.6 Å². The molecule has 1 aromatic heterocycles. The normalized spacial score (nSPS) is 11.1. The first-order valence-corrected chi connectivity index (χ1v) is 6.68. The smallest absolute Gasteiger partial charge is 0.169 e. The van der Waals surface area contributed by atoms with Gasteiger partial charge in [-0.15, -0.1) is 0 Å². The maximum Gasteiger partial charge on any atom is 0.169 e. The van der Waals surface area contributed by atoms with Gasteiger partial charge in [0, 0.05) is 13.0 Å². The van der Waals surface area contributed by atoms with E-state index in [1.807, 2.05) is 31.0 Å². The molecular formula is C16H17F2NO2. The van der Waals surface area contributed by atoms with Crippen LogP contribution in [0.5, 0.6) is 0 Å². The molecule has 0 spiro atoms. The third-order valence-corrected chi connectivity index (χ3v) is 3.19. The third kappa shape index (κ3) is 3.98. The van der Waals surface area contributed by atoms with Gasteiger partial charge in [-0.2, -0.15) is 0 Å². The van der Waals surface area contributed by atoms with Crippen molar-refractivity contribution in [2.75, 3.05) is 13.6 Å². The van der Waals surface area contributed by atoms with Gasteiger partial charge in [-0.1, -0.05) is 6.07 Å². The van der Waals surface area contributed by atoms with Crippen LogP contribution in [0.3, 0.4) is 0 Å². The van der Waals surface area contributed by atoms with Crippen molar-refractivity contribution < 1.29 is 18.0 Å². The van der Waals surface area contributed by atoms with Crippen LogP contribution in [-0.4, -0.2) is 24.3 Å². The number of aryl methyl sites for hydroxylation is 1. The average Bonchev–Trinajstić information content (AvgIpc) is 2.84. The summed E-state index contributed by atoms with van der Waals surface area (Å²) in [7, 11) is 1.84. The standard InChI is InChI=1S/C16H17F2NO2/c1-11-6-7-12(21-11)10-19(2)9-8-15(20)13-4-3-5-14(17)16(13)18/h3-7H,8-10H2,1-2H3. The zero-order chi connectivity index (χ0) is 15.4. The summed E-state index contributed by atoms with van der Waals surface area (Å²) in [4.78, 5) is 13.8. The number of carbonyl (C=O) groups is 1. The van der Waals surface area contributed by atoms with E-state index in [0.29, 0.717) is 13.1 Å². The zero-order valence-electron chi connectivity index (χ0n) is 12.0. The Morgan fingerprint density at radius 1 is 1.24 bits per heavy atom. The van der Waals surface area contributed by atoms with Gasteiger partial charge < -0.3 is 4.42 Å². The molecule has 0 aliphatic heterocycles. The number of Topliss-reactive ketones (excluding diaryl/α,β-unsaturated/α-hetero) is 1. The molecule has 2 rings (SSSR count). The van der Waals surface area contributed by atoms with Crippen LogP contribution in [0, 0.1) is 18.6 Å². The molecule has 0 radical (unpaired) electrons. The maximum absolute atomic E-state index is 13.5. The molecule has 0 bridgehead atoms. The number of furan rings is 1. The summed E-state index contributed by atoms with van der Waals surface area (Å²) < 4.78 is 32.0. The average molecular weight is 293 g/mol. The van der Waals surface area contributed by atoms with Crippen LogP contribution in [0.25, 0.3) is 0 Å². The van der Waals surface area contributed by atoms with Crippen LogP contribution < -0.4 is 0 Å². The molecule has 0 aliphatic carbocycles. The lowest BCUT2D eigenvalue weighted by atomic mass is 10.1. The monoisotopic (exact) mass is 293 g/mol. The van der Waals surface area contributed by atoms with E-state index in [2.05, 4.69) is 0 Å². The van der Waals surface area contributed by atoms with Gasteiger partial charge in [-0.3, -0.25) is 9.69 Å². The van der Waals surface area contributed by atoms with Crippen LogP contribution in [-0.2, 0) is 6.54 Å². The summed E-state index contributed by atoms with van der Waals surface area (Å²) in [5.74, 6) is -0.850. The molecule has 0 aliphatic rings. The molecule has 21 heavy (non-hydrogen) atoms. The Morgan fingerprint density at radius 2 is 2.00 bits per heavy atom. The fraction of sp³-hybridized carbons (Fsp3) is 0.312. The highest BCUT2D eigenvalue weighted by atomic mass is 19.2. The molecule has 0 amide bonds. The number of nitrogens with zero attached hydrogens (tertiary/aromatic N) is 1. The maximum atomic E-state index is 13.5. The van der Waals surface area contributed by atoms with E-state index in [4.69, 9.17) is 4.42 Å². The molecule has 2 aromatic rings. The lowest BCUT2D eigenvalue weighted by Gasteiger charge is -2.14. The fourth-order valence-corrected chi connectivity index (χ4v) is 2.06. The van der Waals surface area contributed by atoms with Gasteiger partial charge in [0.25, 0.3) is 0 Å². The highest BCUT2D eigenvalue weighted by Gasteiger charge is 2.15. The Morgan fingerprint density at radius 3 is 2.67 bits per heavy atom. The second-order valence-electron chi connectivity index (χ2n) is 5.02. The van der Waals surface area contributed by atoms with E-state index in [1.54, 1.807) is 0 Å². The van der Waals surface area contributed by atoms with Gasteiger partial charge in [0.15, 0.2) is 17.4 Å². The van der Waals surface area contributed by atoms with Gasteiger partial charge in [-0.05, 0) is 38.2 Å². The van der Waals surface area contributed by atoms with Crippen molar-refractivity contribution in [2.24, 2.45) is 0 Å². The largest absolute Gasteiger partial charge is 0.465 e. The number of rotatable bonds is 6. The minimum atomic E-state index is -1.08. The Bertz CT molecular complexity index is 637. The zero-order valence-corrected chi connectivity index (χ0v) is 12.0. The SMILES string of the molecule is Cc1ccc(CN(C)CCC(=O)c2cccc(F)c2F)o1. The summed E-state index contributed by atoms with van der Waals surface area (Å²) in [5, 5.41) is 0. The van der Waals surface area contributed by atoms with E-state index < -0.39 is 17.4 Å². The number of carbonyl (C=O) groups excluding carboxylic acids is 1. The van der Waals surface area contributed by atoms with Gasteiger partial charge in [0.2, 0.25) is 0 Å². The van der Waals surface area contributed by atoms with Crippen LogP contribution in [0.2, 0.25) is 0 Å². The molecule has 0 saturated heterocycles. The second-order valence-corrected chi connectivity index (χ2v) is 5.02. The number of hydrogen-bond donors (Lipinski definition) is 0. The van der Waals surface area contributed by atoms with Crippen molar-refractivity contribution in [3.63, 3.8) is 0 Å². The predicted molar refractivity (Wildman–Crippen MR) is 75.1 cm³/mol. The van der Waals surface area contributed by atoms with Gasteiger partial charge in [0.05, 0.1) is 12.1 Å². The summed E-state index contributed by atoms with van der Waals surface area (Å²) >= 11 is 0. The van der Waals surface area contributed by atoms with Crippen LogP contribution in [0.15, 0.2) is 34.7 Å². The molecular weight excluding hydrogens is 276 g/mol. The summed E-state index contributed by atoms with van der Waals surface area (Å²) in [5.41, 5.74) is -0.197. The van der Waals surface area contributed by atoms with Crippen LogP contribution in [0.4, 0.5) is 8.78 Å². The van der Waals surface area contributed by atoms with Crippen molar-refractivity contribution in [3.05, 3.63) is 59.1 Å². The molecule has 0 fully saturated rings. The Kier molecular flexibility index (Phi) is 4.85. The fourth-order valence-electron chi connectivity index (χ4n) is 2.06. The number of hydrogen-bond acceptors (Lipinski definition) is 3. The summed E-state index contributed by atoms with van der Waals surface area (Å²) in [6.45, 7) is 2.86. The molecule has 1 aromatic carbocycles. The quantitative estimate of drug-likeness (QED) is 0.763. The molecule has 0 saturated carbocycles. The Hall–Kier alpha value is -2.01. The van der Waals surface area contributed by atoms with Crippen molar-refractivity contribution in [3.8, 4) is 0 Å². The molecule has 0 N–H and O–H groups in total. The molecule has 0 atom stereocenters. The van der Waals surface area contributed by atoms with Gasteiger partial charge in [-0.25, -0.2) is 8.78 Å². The molecule has 5 heteroatoms. The minimum Gasteiger partial charge on any atom is -0.465 e. The second kappa shape index (κ2) is 6.63. The Labute approximate surface area is 122 Å². The number of halogens is 2. The minimum absolute atomic E-state index is 0.122. The number of ketones is 1. The summed E-state index contributed by atoms with van der Waals surface area (Å²) in [6.07, 6.45) is 0.122. The van der Waals surface area contributed by atoms with Gasteiger partial charge >= 0.3 is 0 Å². The first-order valence-electron chi connectivity index (χ1n) is 6.68. The van der Waals surface area contributed by atoms with E-state index in [-0.39, 0.29) is 12.0 Å². The van der Waals surface area contributed by atoms with E-state index in [1.165, 1.54) is 12.1 Å². The lowest BCUT2D eigenvalue weighted by molar-refractivity contribution is 0.0961. The Balaban J connectivity index is 1.90. The van der Waals surface area contributed by atoms with Crippen molar-refractivity contribution in [2.45, 2.75) is 19.9 Å². The van der Waals surface area contributed by atoms with Crippen molar-refractivity contribution in [1.82, 2.24) is 4.90 Å². The van der Waals surface area contributed by atoms with E-state index >= 15 is 0 Å². The first kappa shape index (κ1) is 15.4. The molecule has 0 unspecified atom stereocenters. The summed E-state index contributed by atoms with van der Waals surface area (Å²) in [6, 6.07) is 7.38.